The molecule has 2 heterocycles. The van der Waals surface area contributed by atoms with Gasteiger partial charge in [0.2, 0.25) is 0 Å². The van der Waals surface area contributed by atoms with Crippen LogP contribution in [-0.4, -0.2) is 31.3 Å². The summed E-state index contributed by atoms with van der Waals surface area (Å²) in [5, 5.41) is 0. The molecule has 0 unspecified atom stereocenters. The van der Waals surface area contributed by atoms with E-state index in [2.05, 4.69) is 11.8 Å². The van der Waals surface area contributed by atoms with Crippen molar-refractivity contribution in [1.82, 2.24) is 0 Å². The highest BCUT2D eigenvalue weighted by molar-refractivity contribution is 5.83. The van der Waals surface area contributed by atoms with E-state index in [1.54, 1.807) is 7.11 Å². The molecule has 4 heteroatoms. The monoisotopic (exact) mass is 261 g/mol. The van der Waals surface area contributed by atoms with E-state index in [0.29, 0.717) is 5.92 Å². The van der Waals surface area contributed by atoms with E-state index in [4.69, 9.17) is 9.47 Å². The van der Waals surface area contributed by atoms with E-state index < -0.39 is 0 Å². The molecule has 0 radical (unpaired) electrons. The van der Waals surface area contributed by atoms with Gasteiger partial charge in [0.05, 0.1) is 7.11 Å². The van der Waals surface area contributed by atoms with Crippen LogP contribution in [0.25, 0.3) is 0 Å². The Hall–Kier alpha value is -1.71. The van der Waals surface area contributed by atoms with Gasteiger partial charge in [-0.3, -0.25) is 0 Å². The second-order valence-corrected chi connectivity index (χ2v) is 5.71. The second-order valence-electron chi connectivity index (χ2n) is 5.71. The summed E-state index contributed by atoms with van der Waals surface area (Å²) < 4.78 is 10.7. The van der Waals surface area contributed by atoms with Crippen LogP contribution in [0.5, 0.6) is 5.75 Å². The predicted molar refractivity (Wildman–Crippen MR) is 72.4 cm³/mol. The smallest absolute Gasteiger partial charge is 0.329 e. The van der Waals surface area contributed by atoms with Gasteiger partial charge in [0.15, 0.2) is 0 Å². The third-order valence-electron chi connectivity index (χ3n) is 4.50. The summed E-state index contributed by atoms with van der Waals surface area (Å²) in [6.45, 7) is 5.03. The van der Waals surface area contributed by atoms with E-state index in [0.717, 1.165) is 24.4 Å². The summed E-state index contributed by atoms with van der Waals surface area (Å²) in [7, 11) is 1.65. The van der Waals surface area contributed by atoms with E-state index in [1.165, 1.54) is 0 Å². The maximum absolute atomic E-state index is 12.0. The Balaban J connectivity index is 1.90. The van der Waals surface area contributed by atoms with Gasteiger partial charge in [0.1, 0.15) is 17.4 Å². The van der Waals surface area contributed by atoms with Gasteiger partial charge in [-0.25, -0.2) is 4.79 Å². The van der Waals surface area contributed by atoms with Crippen LogP contribution in [0.2, 0.25) is 0 Å². The summed E-state index contributed by atoms with van der Waals surface area (Å²) in [5.41, 5.74) is 0.767. The molecule has 3 atom stereocenters. The number of hydrogen-bond acceptors (Lipinski definition) is 4. The summed E-state index contributed by atoms with van der Waals surface area (Å²) in [5.74, 6) is 1.06. The van der Waals surface area contributed by atoms with Crippen LogP contribution in [0.4, 0.5) is 5.69 Å². The minimum absolute atomic E-state index is 0.0948. The molecule has 3 rings (SSSR count). The van der Waals surface area contributed by atoms with Gasteiger partial charge in [-0.05, 0) is 31.2 Å². The van der Waals surface area contributed by atoms with Gasteiger partial charge < -0.3 is 14.4 Å². The minimum atomic E-state index is -0.287. The zero-order chi connectivity index (χ0) is 13.6. The first-order chi connectivity index (χ1) is 9.03. The maximum Gasteiger partial charge on any atom is 0.329 e. The number of benzene rings is 1. The van der Waals surface area contributed by atoms with E-state index in [1.807, 2.05) is 31.2 Å². The topological polar surface area (TPSA) is 38.8 Å². The van der Waals surface area contributed by atoms with Crippen molar-refractivity contribution in [2.75, 3.05) is 18.6 Å². The molecule has 1 aromatic rings. The average molecular weight is 261 g/mol. The number of carbonyl (C=O) groups excluding carboxylic acids is 1. The molecule has 0 aliphatic carbocycles. The fourth-order valence-corrected chi connectivity index (χ4v) is 3.02. The summed E-state index contributed by atoms with van der Waals surface area (Å²) in [6, 6.07) is 7.71. The fourth-order valence-electron chi connectivity index (χ4n) is 3.02. The average Bonchev–Trinajstić information content (AvgIpc) is 2.68. The third-order valence-corrected chi connectivity index (χ3v) is 4.50. The summed E-state index contributed by atoms with van der Waals surface area (Å²) >= 11 is 0. The number of anilines is 1. The molecule has 0 aromatic heterocycles. The third kappa shape index (κ3) is 1.86. The number of methoxy groups -OCH3 is 1. The van der Waals surface area contributed by atoms with E-state index >= 15 is 0 Å². The first-order valence-corrected chi connectivity index (χ1v) is 6.67. The molecule has 2 bridgehead atoms. The number of hydrogen-bond donors (Lipinski definition) is 0. The second kappa shape index (κ2) is 4.15. The summed E-state index contributed by atoms with van der Waals surface area (Å²) in [6.07, 6.45) is 0.777. The number of carbonyl (C=O) groups is 1. The molecular formula is C15H19NO3. The zero-order valence-electron chi connectivity index (χ0n) is 11.6. The van der Waals surface area contributed by atoms with Crippen molar-refractivity contribution in [1.29, 1.82) is 0 Å². The van der Waals surface area contributed by atoms with Gasteiger partial charge in [-0.1, -0.05) is 6.92 Å². The highest BCUT2D eigenvalue weighted by atomic mass is 16.6. The van der Waals surface area contributed by atoms with E-state index in [9.17, 15) is 4.79 Å². The Kier molecular flexibility index (Phi) is 2.69. The molecule has 2 aliphatic rings. The Morgan fingerprint density at radius 2 is 2.05 bits per heavy atom. The van der Waals surface area contributed by atoms with Crippen LogP contribution >= 0.6 is 0 Å². The zero-order valence-corrected chi connectivity index (χ0v) is 11.6. The molecule has 4 nitrogen and oxygen atoms in total. The SMILES string of the molecule is COc1ccc(N2C[C@H](C)[C@@]3(C)C[C@@H]2C(=O)O3)cc1. The van der Waals surface area contributed by atoms with Gasteiger partial charge >= 0.3 is 5.97 Å². The fraction of sp³-hybridized carbons (Fsp3) is 0.533. The Morgan fingerprint density at radius 3 is 2.68 bits per heavy atom. The maximum atomic E-state index is 12.0. The number of fused-ring (bicyclic) bond motifs is 2. The summed E-state index contributed by atoms with van der Waals surface area (Å²) in [4.78, 5) is 14.2. The number of nitrogens with zero attached hydrogens (tertiary/aromatic N) is 1. The van der Waals surface area contributed by atoms with E-state index in [-0.39, 0.29) is 17.6 Å². The Labute approximate surface area is 113 Å². The molecule has 0 amide bonds. The van der Waals surface area contributed by atoms with Crippen molar-refractivity contribution in [3.63, 3.8) is 0 Å². The van der Waals surface area contributed by atoms with Crippen molar-refractivity contribution in [2.45, 2.75) is 31.9 Å². The lowest BCUT2D eigenvalue weighted by Crippen LogP contribution is -2.49. The lowest BCUT2D eigenvalue weighted by Gasteiger charge is -2.40. The van der Waals surface area contributed by atoms with Crippen molar-refractivity contribution in [2.24, 2.45) is 5.92 Å². The molecular weight excluding hydrogens is 242 g/mol. The number of rotatable bonds is 2. The number of esters is 1. The molecule has 2 aliphatic heterocycles. The van der Waals surface area contributed by atoms with Gasteiger partial charge in [-0.2, -0.15) is 0 Å². The van der Waals surface area contributed by atoms with Crippen LogP contribution in [0.1, 0.15) is 20.3 Å². The quantitative estimate of drug-likeness (QED) is 0.765. The Morgan fingerprint density at radius 1 is 1.37 bits per heavy atom. The first-order valence-electron chi connectivity index (χ1n) is 6.67. The van der Waals surface area contributed by atoms with Crippen molar-refractivity contribution in [3.05, 3.63) is 24.3 Å². The molecule has 0 saturated carbocycles. The van der Waals surface area contributed by atoms with Crippen molar-refractivity contribution < 1.29 is 14.3 Å². The van der Waals surface area contributed by atoms with Gasteiger partial charge in [0, 0.05) is 24.6 Å². The molecule has 19 heavy (non-hydrogen) atoms. The van der Waals surface area contributed by atoms with Crippen molar-refractivity contribution in [3.8, 4) is 5.75 Å². The molecule has 0 spiro atoms. The van der Waals surface area contributed by atoms with Crippen LogP contribution in [0.3, 0.4) is 0 Å². The molecule has 0 N–H and O–H groups in total. The largest absolute Gasteiger partial charge is 0.497 e. The Bertz CT molecular complexity index is 499. The first kappa shape index (κ1) is 12.3. The predicted octanol–water partition coefficient (Wildman–Crippen LogP) is 2.23. The van der Waals surface area contributed by atoms with Gasteiger partial charge in [0.25, 0.3) is 0 Å². The standard InChI is InChI=1S/C15H19NO3/c1-10-9-16(11-4-6-12(18-3)7-5-11)13-8-15(10,2)19-14(13)17/h4-7,10,13H,8-9H2,1-3H3/t10-,13+,15+/m0/s1. The molecule has 2 fully saturated rings. The normalized spacial score (nSPS) is 33.2. The lowest BCUT2D eigenvalue weighted by atomic mass is 9.82. The molecule has 1 aromatic carbocycles. The number of ether oxygens (including phenoxy) is 2. The molecule has 2 saturated heterocycles. The number of piperidine rings is 1. The van der Waals surface area contributed by atoms with Gasteiger partial charge in [-0.15, -0.1) is 0 Å². The van der Waals surface area contributed by atoms with Crippen molar-refractivity contribution >= 4 is 11.7 Å². The van der Waals surface area contributed by atoms with Crippen LogP contribution < -0.4 is 9.64 Å². The van der Waals surface area contributed by atoms with Crippen LogP contribution in [0.15, 0.2) is 24.3 Å². The molecule has 102 valence electrons. The highest BCUT2D eigenvalue weighted by Gasteiger charge is 2.53. The minimum Gasteiger partial charge on any atom is -0.497 e. The lowest BCUT2D eigenvalue weighted by molar-refractivity contribution is -0.149. The van der Waals surface area contributed by atoms with Crippen LogP contribution in [0, 0.1) is 5.92 Å². The highest BCUT2D eigenvalue weighted by Crippen LogP contribution is 2.42. The van der Waals surface area contributed by atoms with Crippen LogP contribution in [-0.2, 0) is 9.53 Å².